The molecule has 11 heteroatoms. The number of nitrogen functional groups attached to an aromatic ring is 1. The van der Waals surface area contributed by atoms with Gasteiger partial charge in [-0.15, -0.1) is 0 Å². The first-order valence-corrected chi connectivity index (χ1v) is 12.9. The summed E-state index contributed by atoms with van der Waals surface area (Å²) in [5, 5.41) is 22.6. The van der Waals surface area contributed by atoms with Crippen LogP contribution in [0.5, 0.6) is 0 Å². The first-order valence-electron chi connectivity index (χ1n) is 12.9. The van der Waals surface area contributed by atoms with Crippen molar-refractivity contribution in [3.63, 3.8) is 0 Å². The average molecular weight is 530 g/mol. The van der Waals surface area contributed by atoms with Crippen LogP contribution in [0.1, 0.15) is 45.8 Å². The predicted octanol–water partition coefficient (Wildman–Crippen LogP) is 3.37. The third kappa shape index (κ3) is 4.82. The Labute approximate surface area is 224 Å². The number of aliphatic hydroxyl groups is 2. The molecule has 0 radical (unpaired) electrons. The lowest BCUT2D eigenvalue weighted by Gasteiger charge is -2.31. The summed E-state index contributed by atoms with van der Waals surface area (Å²) in [4.78, 5) is 28.0. The van der Waals surface area contributed by atoms with Crippen molar-refractivity contribution in [2.24, 2.45) is 0 Å². The van der Waals surface area contributed by atoms with Gasteiger partial charge in [0.1, 0.15) is 5.82 Å². The molecule has 2 aromatic carbocycles. The van der Waals surface area contributed by atoms with Crippen LogP contribution in [-0.4, -0.2) is 48.8 Å². The van der Waals surface area contributed by atoms with Crippen molar-refractivity contribution in [3.05, 3.63) is 76.9 Å². The lowest BCUT2D eigenvalue weighted by Crippen LogP contribution is -2.39. The van der Waals surface area contributed by atoms with Crippen LogP contribution in [0, 0.1) is 5.82 Å². The van der Waals surface area contributed by atoms with Gasteiger partial charge in [-0.3, -0.25) is 4.79 Å². The first-order chi connectivity index (χ1) is 18.9. The molecule has 200 valence electrons. The molecule has 4 aromatic rings. The molecule has 3 heterocycles. The number of nitrogens with zero attached hydrogens (tertiary/aromatic N) is 5. The Balaban J connectivity index is 1.33. The lowest BCUT2D eigenvalue weighted by molar-refractivity contribution is 0.0976. The van der Waals surface area contributed by atoms with Crippen molar-refractivity contribution in [3.8, 4) is 11.4 Å². The normalized spacial score (nSPS) is 14.9. The highest BCUT2D eigenvalue weighted by Crippen LogP contribution is 2.42. The molecule has 6 rings (SSSR count). The van der Waals surface area contributed by atoms with E-state index in [1.165, 1.54) is 11.0 Å². The number of anilines is 4. The van der Waals surface area contributed by atoms with Gasteiger partial charge in [0, 0.05) is 36.6 Å². The van der Waals surface area contributed by atoms with Crippen molar-refractivity contribution in [2.45, 2.75) is 38.3 Å². The summed E-state index contributed by atoms with van der Waals surface area (Å²) in [6, 6.07) is 10.5. The van der Waals surface area contributed by atoms with Crippen molar-refractivity contribution in [1.82, 2.24) is 19.5 Å². The molecule has 2 aromatic heterocycles. The minimum atomic E-state index is -0.500. The second-order valence-electron chi connectivity index (χ2n) is 9.81. The van der Waals surface area contributed by atoms with Gasteiger partial charge in [-0.2, -0.15) is 15.0 Å². The number of halogens is 1. The van der Waals surface area contributed by atoms with Crippen LogP contribution in [0.3, 0.4) is 0 Å². The van der Waals surface area contributed by atoms with Crippen molar-refractivity contribution >= 4 is 29.2 Å². The largest absolute Gasteiger partial charge is 0.395 e. The molecular weight excluding hydrogens is 501 g/mol. The minimum absolute atomic E-state index is 0.0104. The SMILES string of the molecule is Nc1nc(Nc2ccn(CCO)c2)nc(-c2cccc(N3CCc4cc(C5CC5)cc(F)c4C3=O)c2CO)n1. The van der Waals surface area contributed by atoms with E-state index < -0.39 is 18.3 Å². The number of nitrogens with one attached hydrogen (secondary N) is 1. The molecule has 1 aliphatic heterocycles. The van der Waals surface area contributed by atoms with E-state index in [1.807, 2.05) is 16.7 Å². The number of fused-ring (bicyclic) bond motifs is 1. The molecule has 0 atom stereocenters. The van der Waals surface area contributed by atoms with Gasteiger partial charge in [-0.25, -0.2) is 4.39 Å². The molecule has 0 bridgehead atoms. The first kappa shape index (κ1) is 25.0. The van der Waals surface area contributed by atoms with E-state index >= 15 is 4.39 Å². The van der Waals surface area contributed by atoms with Crippen molar-refractivity contribution < 1.29 is 19.4 Å². The molecule has 0 spiro atoms. The highest BCUT2D eigenvalue weighted by molar-refractivity contribution is 6.09. The topological polar surface area (TPSA) is 142 Å². The third-order valence-electron chi connectivity index (χ3n) is 7.17. The number of hydrogen-bond donors (Lipinski definition) is 4. The number of carbonyl (C=O) groups is 1. The molecule has 0 saturated heterocycles. The number of aliphatic hydroxyl groups excluding tert-OH is 2. The number of nitrogens with two attached hydrogens (primary N) is 1. The number of benzene rings is 2. The maximum absolute atomic E-state index is 15.1. The van der Waals surface area contributed by atoms with Gasteiger partial charge in [0.05, 0.1) is 30.2 Å². The van der Waals surface area contributed by atoms with Crippen LogP contribution in [0.25, 0.3) is 11.4 Å². The molecule has 2 aliphatic rings. The van der Waals surface area contributed by atoms with E-state index in [1.54, 1.807) is 30.6 Å². The highest BCUT2D eigenvalue weighted by Gasteiger charge is 2.33. The summed E-state index contributed by atoms with van der Waals surface area (Å²) >= 11 is 0. The zero-order chi connectivity index (χ0) is 27.1. The van der Waals surface area contributed by atoms with E-state index in [0.717, 1.165) is 24.0 Å². The number of amides is 1. The zero-order valence-corrected chi connectivity index (χ0v) is 21.1. The second-order valence-corrected chi connectivity index (χ2v) is 9.81. The van der Waals surface area contributed by atoms with E-state index in [4.69, 9.17) is 10.8 Å². The number of rotatable bonds is 8. The van der Waals surface area contributed by atoms with Gasteiger partial charge >= 0.3 is 0 Å². The molecule has 0 unspecified atom stereocenters. The summed E-state index contributed by atoms with van der Waals surface area (Å²) in [7, 11) is 0. The Morgan fingerprint density at radius 2 is 1.97 bits per heavy atom. The van der Waals surface area contributed by atoms with Crippen LogP contribution in [0.15, 0.2) is 48.8 Å². The van der Waals surface area contributed by atoms with Crippen LogP contribution < -0.4 is 16.0 Å². The Kier molecular flexibility index (Phi) is 6.45. The quantitative estimate of drug-likeness (QED) is 0.272. The summed E-state index contributed by atoms with van der Waals surface area (Å²) in [5.74, 6) is -0.153. The van der Waals surface area contributed by atoms with E-state index in [2.05, 4.69) is 20.3 Å². The molecule has 1 saturated carbocycles. The van der Waals surface area contributed by atoms with Crippen LogP contribution >= 0.6 is 0 Å². The molecule has 39 heavy (non-hydrogen) atoms. The Hall–Kier alpha value is -4.35. The van der Waals surface area contributed by atoms with Gasteiger partial charge in [0.2, 0.25) is 11.9 Å². The van der Waals surface area contributed by atoms with Crippen LogP contribution in [-0.2, 0) is 19.6 Å². The van der Waals surface area contributed by atoms with Gasteiger partial charge in [-0.05, 0) is 54.5 Å². The smallest absolute Gasteiger partial charge is 0.261 e. The number of carbonyl (C=O) groups excluding carboxylic acids is 1. The fourth-order valence-electron chi connectivity index (χ4n) is 5.14. The van der Waals surface area contributed by atoms with Gasteiger partial charge in [0.15, 0.2) is 5.82 Å². The fraction of sp³-hybridized carbons (Fsp3) is 0.286. The Morgan fingerprint density at radius 3 is 2.74 bits per heavy atom. The summed E-state index contributed by atoms with van der Waals surface area (Å²) in [6.07, 6.45) is 6.22. The third-order valence-corrected chi connectivity index (χ3v) is 7.17. The maximum atomic E-state index is 15.1. The van der Waals surface area contributed by atoms with E-state index in [-0.39, 0.29) is 29.9 Å². The molecule has 1 fully saturated rings. The van der Waals surface area contributed by atoms with Gasteiger partial charge in [-0.1, -0.05) is 18.2 Å². The summed E-state index contributed by atoms with van der Waals surface area (Å²) < 4.78 is 16.9. The average Bonchev–Trinajstić information content (AvgIpc) is 3.68. The molecular formula is C28H28FN7O3. The Morgan fingerprint density at radius 1 is 1.13 bits per heavy atom. The monoisotopic (exact) mass is 529 g/mol. The fourth-order valence-corrected chi connectivity index (χ4v) is 5.14. The molecule has 10 nitrogen and oxygen atoms in total. The second kappa shape index (κ2) is 10.1. The summed E-state index contributed by atoms with van der Waals surface area (Å²) in [5.41, 5.74) is 9.84. The maximum Gasteiger partial charge on any atom is 0.261 e. The highest BCUT2D eigenvalue weighted by atomic mass is 19.1. The Bertz CT molecular complexity index is 1570. The predicted molar refractivity (Wildman–Crippen MR) is 144 cm³/mol. The van der Waals surface area contributed by atoms with Crippen LogP contribution in [0.4, 0.5) is 27.7 Å². The molecule has 5 N–H and O–H groups in total. The van der Waals surface area contributed by atoms with Crippen molar-refractivity contribution in [1.29, 1.82) is 0 Å². The van der Waals surface area contributed by atoms with E-state index in [9.17, 15) is 9.90 Å². The minimum Gasteiger partial charge on any atom is -0.395 e. The standard InChI is InChI=1S/C28H28FN7O3/c29-22-13-18(16-4-5-16)12-17-6-9-36(26(39)24(17)22)23-3-1-2-20(21(23)15-38)25-32-27(30)34-28(33-25)31-19-7-8-35(14-19)10-11-37/h1-3,7-8,12-14,16,37-38H,4-6,9-11,15H2,(H3,30,31,32,33,34). The number of aromatic nitrogens is 4. The molecule has 1 amide bonds. The van der Waals surface area contributed by atoms with Crippen LogP contribution in [0.2, 0.25) is 0 Å². The van der Waals surface area contributed by atoms with Gasteiger partial charge in [0.25, 0.3) is 5.91 Å². The van der Waals surface area contributed by atoms with Gasteiger partial charge < -0.3 is 30.7 Å². The molecule has 1 aliphatic carbocycles. The van der Waals surface area contributed by atoms with E-state index in [0.29, 0.717) is 47.9 Å². The lowest BCUT2D eigenvalue weighted by atomic mass is 9.93. The number of hydrogen-bond acceptors (Lipinski definition) is 8. The summed E-state index contributed by atoms with van der Waals surface area (Å²) in [6.45, 7) is 0.414. The van der Waals surface area contributed by atoms with Crippen molar-refractivity contribution in [2.75, 3.05) is 29.1 Å². The zero-order valence-electron chi connectivity index (χ0n) is 21.1.